The number of benzene rings is 2. The molecule has 0 fully saturated rings. The molecule has 1 aliphatic rings. The maximum atomic E-state index is 13.2. The van der Waals surface area contributed by atoms with Crippen LogP contribution in [0.2, 0.25) is 0 Å². The van der Waals surface area contributed by atoms with Crippen LogP contribution in [0, 0.1) is 6.92 Å². The standard InChI is InChI=1S/C24H27N3O4/c1-4-31-15-5-14-27-23(29)21(18-8-6-16(2)7-9-18)22(24(27)30)26-20-12-10-19(11-13-20)25-17(3)28/h6-13,26H,4-5,14-15H2,1-3H3,(H,25,28). The van der Waals surface area contributed by atoms with Gasteiger partial charge in [-0.3, -0.25) is 19.3 Å². The van der Waals surface area contributed by atoms with E-state index in [4.69, 9.17) is 4.74 Å². The van der Waals surface area contributed by atoms with Gasteiger partial charge in [0.1, 0.15) is 5.70 Å². The van der Waals surface area contributed by atoms with E-state index in [-0.39, 0.29) is 23.4 Å². The number of hydrogen-bond acceptors (Lipinski definition) is 5. The van der Waals surface area contributed by atoms with E-state index in [1.165, 1.54) is 11.8 Å². The minimum atomic E-state index is -0.358. The zero-order chi connectivity index (χ0) is 22.4. The quantitative estimate of drug-likeness (QED) is 0.477. The molecule has 2 aromatic rings. The molecule has 1 aliphatic heterocycles. The SMILES string of the molecule is CCOCCCN1C(=O)C(Nc2ccc(NC(C)=O)cc2)=C(c2ccc(C)cc2)C1=O. The summed E-state index contributed by atoms with van der Waals surface area (Å²) < 4.78 is 5.34. The largest absolute Gasteiger partial charge is 0.382 e. The number of anilines is 2. The van der Waals surface area contributed by atoms with Gasteiger partial charge in [-0.15, -0.1) is 0 Å². The summed E-state index contributed by atoms with van der Waals surface area (Å²) in [6.45, 7) is 6.68. The Bertz CT molecular complexity index is 994. The van der Waals surface area contributed by atoms with Crippen LogP contribution >= 0.6 is 0 Å². The number of rotatable bonds is 9. The molecule has 0 saturated heterocycles. The molecule has 0 saturated carbocycles. The Morgan fingerprint density at radius 1 is 0.968 bits per heavy atom. The van der Waals surface area contributed by atoms with Gasteiger partial charge >= 0.3 is 0 Å². The molecule has 0 aromatic heterocycles. The molecule has 0 radical (unpaired) electrons. The lowest BCUT2D eigenvalue weighted by atomic mass is 10.0. The maximum absolute atomic E-state index is 13.2. The van der Waals surface area contributed by atoms with Crippen molar-refractivity contribution in [2.45, 2.75) is 27.2 Å². The van der Waals surface area contributed by atoms with Gasteiger partial charge in [-0.2, -0.15) is 0 Å². The molecule has 31 heavy (non-hydrogen) atoms. The molecule has 2 aromatic carbocycles. The summed E-state index contributed by atoms with van der Waals surface area (Å²) in [4.78, 5) is 38.8. The van der Waals surface area contributed by atoms with Crippen molar-refractivity contribution in [2.75, 3.05) is 30.4 Å². The lowest BCUT2D eigenvalue weighted by Crippen LogP contribution is -2.34. The van der Waals surface area contributed by atoms with E-state index < -0.39 is 0 Å². The normalized spacial score (nSPS) is 13.7. The highest BCUT2D eigenvalue weighted by Crippen LogP contribution is 2.31. The predicted octanol–water partition coefficient (Wildman–Crippen LogP) is 3.57. The van der Waals surface area contributed by atoms with E-state index in [9.17, 15) is 14.4 Å². The molecular weight excluding hydrogens is 394 g/mol. The molecule has 7 nitrogen and oxygen atoms in total. The number of imide groups is 1. The lowest BCUT2D eigenvalue weighted by Gasteiger charge is -2.15. The summed E-state index contributed by atoms with van der Waals surface area (Å²) in [6.07, 6.45) is 0.575. The van der Waals surface area contributed by atoms with Crippen LogP contribution in [0.1, 0.15) is 31.4 Å². The van der Waals surface area contributed by atoms with Crippen molar-refractivity contribution in [1.82, 2.24) is 4.90 Å². The number of nitrogens with one attached hydrogen (secondary N) is 2. The van der Waals surface area contributed by atoms with Gasteiger partial charge in [0.05, 0.1) is 5.57 Å². The van der Waals surface area contributed by atoms with Crippen LogP contribution in [-0.2, 0) is 19.1 Å². The van der Waals surface area contributed by atoms with E-state index in [0.29, 0.717) is 48.7 Å². The number of nitrogens with zero attached hydrogens (tertiary/aromatic N) is 1. The Hall–Kier alpha value is -3.45. The Labute approximate surface area is 182 Å². The molecule has 0 unspecified atom stereocenters. The van der Waals surface area contributed by atoms with Gasteiger partial charge in [0.25, 0.3) is 11.8 Å². The van der Waals surface area contributed by atoms with Crippen LogP contribution in [0.25, 0.3) is 5.57 Å². The third-order valence-corrected chi connectivity index (χ3v) is 4.86. The van der Waals surface area contributed by atoms with Crippen molar-refractivity contribution in [3.8, 4) is 0 Å². The second-order valence-corrected chi connectivity index (χ2v) is 7.31. The summed E-state index contributed by atoms with van der Waals surface area (Å²) in [6, 6.07) is 14.5. The first kappa shape index (κ1) is 22.2. The highest BCUT2D eigenvalue weighted by molar-refractivity contribution is 6.36. The van der Waals surface area contributed by atoms with Crippen molar-refractivity contribution >= 4 is 34.7 Å². The zero-order valence-corrected chi connectivity index (χ0v) is 18.0. The molecular formula is C24H27N3O4. The van der Waals surface area contributed by atoms with Crippen LogP contribution in [0.15, 0.2) is 54.2 Å². The average Bonchev–Trinajstić information content (AvgIpc) is 2.97. The van der Waals surface area contributed by atoms with Gasteiger partial charge in [0.2, 0.25) is 5.91 Å². The molecule has 3 rings (SSSR count). The first-order valence-electron chi connectivity index (χ1n) is 10.3. The molecule has 162 valence electrons. The third kappa shape index (κ3) is 5.38. The number of ether oxygens (including phenoxy) is 1. The molecule has 1 heterocycles. The second-order valence-electron chi connectivity index (χ2n) is 7.31. The van der Waals surface area contributed by atoms with Crippen LogP contribution in [0.4, 0.5) is 11.4 Å². The average molecular weight is 421 g/mol. The maximum Gasteiger partial charge on any atom is 0.278 e. The van der Waals surface area contributed by atoms with E-state index in [1.54, 1.807) is 24.3 Å². The number of carbonyl (C=O) groups excluding carboxylic acids is 3. The smallest absolute Gasteiger partial charge is 0.278 e. The summed E-state index contributed by atoms with van der Waals surface area (Å²) in [7, 11) is 0. The predicted molar refractivity (Wildman–Crippen MR) is 120 cm³/mol. The minimum Gasteiger partial charge on any atom is -0.382 e. The Morgan fingerprint density at radius 2 is 1.61 bits per heavy atom. The van der Waals surface area contributed by atoms with Crippen molar-refractivity contribution in [1.29, 1.82) is 0 Å². The molecule has 7 heteroatoms. The van der Waals surface area contributed by atoms with Gasteiger partial charge < -0.3 is 15.4 Å². The first-order chi connectivity index (χ1) is 14.9. The molecule has 2 N–H and O–H groups in total. The summed E-state index contributed by atoms with van der Waals surface area (Å²) >= 11 is 0. The topological polar surface area (TPSA) is 87.7 Å². The molecule has 3 amide bonds. The van der Waals surface area contributed by atoms with Gasteiger partial charge in [-0.05, 0) is 50.1 Å². The lowest BCUT2D eigenvalue weighted by molar-refractivity contribution is -0.137. The Kier molecular flexibility index (Phi) is 7.20. The Balaban J connectivity index is 1.89. The highest BCUT2D eigenvalue weighted by Gasteiger charge is 2.38. The molecule has 0 aliphatic carbocycles. The van der Waals surface area contributed by atoms with E-state index in [1.807, 2.05) is 38.1 Å². The summed E-state index contributed by atoms with van der Waals surface area (Å²) in [5.74, 6) is -0.838. The Morgan fingerprint density at radius 3 is 2.23 bits per heavy atom. The van der Waals surface area contributed by atoms with E-state index in [0.717, 1.165) is 5.56 Å². The van der Waals surface area contributed by atoms with Gasteiger partial charge in [-0.25, -0.2) is 0 Å². The monoisotopic (exact) mass is 421 g/mol. The zero-order valence-electron chi connectivity index (χ0n) is 18.0. The molecule has 0 atom stereocenters. The van der Waals surface area contributed by atoms with Crippen LogP contribution in [0.3, 0.4) is 0 Å². The highest BCUT2D eigenvalue weighted by atomic mass is 16.5. The van der Waals surface area contributed by atoms with E-state index >= 15 is 0 Å². The van der Waals surface area contributed by atoms with Crippen LogP contribution in [0.5, 0.6) is 0 Å². The third-order valence-electron chi connectivity index (χ3n) is 4.86. The van der Waals surface area contributed by atoms with Crippen LogP contribution in [-0.4, -0.2) is 42.4 Å². The van der Waals surface area contributed by atoms with Crippen molar-refractivity contribution in [3.05, 3.63) is 65.4 Å². The van der Waals surface area contributed by atoms with Crippen molar-refractivity contribution in [3.63, 3.8) is 0 Å². The number of carbonyl (C=O) groups is 3. The van der Waals surface area contributed by atoms with Gasteiger partial charge in [0.15, 0.2) is 0 Å². The summed E-state index contributed by atoms with van der Waals surface area (Å²) in [5, 5.41) is 5.82. The first-order valence-corrected chi connectivity index (χ1v) is 10.3. The number of amides is 3. The summed E-state index contributed by atoms with van der Waals surface area (Å²) in [5.41, 5.74) is 3.65. The van der Waals surface area contributed by atoms with Crippen molar-refractivity contribution in [2.24, 2.45) is 0 Å². The fraction of sp³-hybridized carbons (Fsp3) is 0.292. The fourth-order valence-electron chi connectivity index (χ4n) is 3.34. The number of hydrogen-bond donors (Lipinski definition) is 2. The van der Waals surface area contributed by atoms with Gasteiger partial charge in [0, 0.05) is 38.1 Å². The fourth-order valence-corrected chi connectivity index (χ4v) is 3.34. The second kappa shape index (κ2) is 10.0. The number of aryl methyl sites for hydroxylation is 1. The molecule has 0 spiro atoms. The minimum absolute atomic E-state index is 0.163. The van der Waals surface area contributed by atoms with Gasteiger partial charge in [-0.1, -0.05) is 29.8 Å². The molecule has 0 bridgehead atoms. The van der Waals surface area contributed by atoms with E-state index in [2.05, 4.69) is 10.6 Å². The van der Waals surface area contributed by atoms with Crippen LogP contribution < -0.4 is 10.6 Å². The van der Waals surface area contributed by atoms with Crippen molar-refractivity contribution < 1.29 is 19.1 Å².